The van der Waals surface area contributed by atoms with Gasteiger partial charge < -0.3 is 10.2 Å². The number of likely N-dealkylation sites (N-methyl/N-ethyl adjacent to an activating group) is 1. The molecule has 196 valence electrons. The molecule has 10 heteroatoms. The first-order valence-electron chi connectivity index (χ1n) is 11.7. The molecule has 3 aromatic rings. The van der Waals surface area contributed by atoms with Gasteiger partial charge in [0.15, 0.2) is 0 Å². The number of para-hydroxylation sites is 1. The van der Waals surface area contributed by atoms with Crippen LogP contribution >= 0.6 is 11.6 Å². The summed E-state index contributed by atoms with van der Waals surface area (Å²) in [7, 11) is -3.91. The third-order valence-corrected chi connectivity index (χ3v) is 7.13. The van der Waals surface area contributed by atoms with Gasteiger partial charge in [-0.05, 0) is 42.3 Å². The molecule has 0 spiro atoms. The van der Waals surface area contributed by atoms with Gasteiger partial charge in [0, 0.05) is 19.5 Å². The van der Waals surface area contributed by atoms with Gasteiger partial charge in [0.25, 0.3) is 0 Å². The summed E-state index contributed by atoms with van der Waals surface area (Å²) in [6, 6.07) is 20.1. The highest BCUT2D eigenvalue weighted by Crippen LogP contribution is 2.27. The predicted molar refractivity (Wildman–Crippen MR) is 143 cm³/mol. The van der Waals surface area contributed by atoms with E-state index >= 15 is 0 Å². The van der Waals surface area contributed by atoms with Gasteiger partial charge in [0.2, 0.25) is 21.8 Å². The second kappa shape index (κ2) is 12.7. The summed E-state index contributed by atoms with van der Waals surface area (Å²) in [5.41, 5.74) is 1.56. The molecule has 1 atom stereocenters. The Morgan fingerprint density at radius 3 is 2.16 bits per heavy atom. The van der Waals surface area contributed by atoms with Gasteiger partial charge in [0.1, 0.15) is 18.4 Å². The fourth-order valence-electron chi connectivity index (χ4n) is 3.88. The van der Waals surface area contributed by atoms with Crippen LogP contribution < -0.4 is 9.62 Å². The lowest BCUT2D eigenvalue weighted by molar-refractivity contribution is -0.140. The van der Waals surface area contributed by atoms with E-state index in [1.165, 1.54) is 41.3 Å². The summed E-state index contributed by atoms with van der Waals surface area (Å²) in [6.07, 6.45) is 1.18. The summed E-state index contributed by atoms with van der Waals surface area (Å²) in [6.45, 7) is 1.51. The van der Waals surface area contributed by atoms with E-state index in [0.29, 0.717) is 12.1 Å². The number of nitrogens with one attached hydrogen (secondary N) is 1. The number of hydrogen-bond acceptors (Lipinski definition) is 4. The Balaban J connectivity index is 2.04. The van der Waals surface area contributed by atoms with E-state index in [1.54, 1.807) is 19.1 Å². The molecule has 0 fully saturated rings. The zero-order valence-corrected chi connectivity index (χ0v) is 22.2. The van der Waals surface area contributed by atoms with Gasteiger partial charge in [-0.25, -0.2) is 12.8 Å². The fraction of sp³-hybridized carbons (Fsp3) is 0.259. The molecule has 0 bridgehead atoms. The third-order valence-electron chi connectivity index (χ3n) is 5.69. The number of anilines is 1. The van der Waals surface area contributed by atoms with Gasteiger partial charge in [-0.1, -0.05) is 66.2 Å². The van der Waals surface area contributed by atoms with Crippen molar-refractivity contribution in [2.24, 2.45) is 0 Å². The highest BCUT2D eigenvalue weighted by atomic mass is 35.5. The zero-order chi connectivity index (χ0) is 27.0. The molecule has 0 saturated carbocycles. The molecule has 0 radical (unpaired) electrons. The molecule has 37 heavy (non-hydrogen) atoms. The topological polar surface area (TPSA) is 86.8 Å². The summed E-state index contributed by atoms with van der Waals surface area (Å²) < 4.78 is 39.9. The lowest BCUT2D eigenvalue weighted by atomic mass is 10.0. The van der Waals surface area contributed by atoms with Crippen molar-refractivity contribution in [2.45, 2.75) is 25.9 Å². The summed E-state index contributed by atoms with van der Waals surface area (Å²) in [4.78, 5) is 28.4. The van der Waals surface area contributed by atoms with Crippen LogP contribution in [0, 0.1) is 5.82 Å². The Labute approximate surface area is 221 Å². The standard InChI is InChI=1S/C27H29ClFN3O4S/c1-3-30-27(34)25(17-20-9-5-4-6-10-20)31(18-21-13-15-22(29)16-14-21)26(33)19-32(37(2,35)36)24-12-8-7-11-23(24)28/h4-16,25H,3,17-19H2,1-2H3,(H,30,34). The molecule has 1 unspecified atom stereocenters. The Bertz CT molecular complexity index is 1320. The van der Waals surface area contributed by atoms with Crippen molar-refractivity contribution >= 4 is 39.1 Å². The van der Waals surface area contributed by atoms with Crippen molar-refractivity contribution in [1.29, 1.82) is 0 Å². The quantitative estimate of drug-likeness (QED) is 0.394. The second-order valence-electron chi connectivity index (χ2n) is 8.47. The molecular weight excluding hydrogens is 517 g/mol. The molecule has 1 N–H and O–H groups in total. The maximum Gasteiger partial charge on any atom is 0.244 e. The van der Waals surface area contributed by atoms with Gasteiger partial charge >= 0.3 is 0 Å². The molecule has 0 aromatic heterocycles. The highest BCUT2D eigenvalue weighted by molar-refractivity contribution is 7.92. The number of hydrogen-bond donors (Lipinski definition) is 1. The number of rotatable bonds is 11. The van der Waals surface area contributed by atoms with Crippen LogP contribution in [-0.2, 0) is 32.6 Å². The minimum atomic E-state index is -3.91. The van der Waals surface area contributed by atoms with Crippen LogP contribution in [0.1, 0.15) is 18.1 Å². The van der Waals surface area contributed by atoms with Crippen molar-refractivity contribution in [1.82, 2.24) is 10.2 Å². The number of carbonyl (C=O) groups is 2. The maximum absolute atomic E-state index is 13.8. The van der Waals surface area contributed by atoms with Gasteiger partial charge in [0.05, 0.1) is 17.0 Å². The summed E-state index contributed by atoms with van der Waals surface area (Å²) in [5, 5.41) is 2.94. The van der Waals surface area contributed by atoms with Gasteiger partial charge in [-0.15, -0.1) is 0 Å². The minimum absolute atomic E-state index is 0.0339. The van der Waals surface area contributed by atoms with Gasteiger partial charge in [-0.3, -0.25) is 13.9 Å². The van der Waals surface area contributed by atoms with Crippen molar-refractivity contribution in [3.63, 3.8) is 0 Å². The average molecular weight is 546 g/mol. The van der Waals surface area contributed by atoms with E-state index in [2.05, 4.69) is 5.32 Å². The van der Waals surface area contributed by atoms with E-state index in [-0.39, 0.29) is 29.6 Å². The normalized spacial score (nSPS) is 12.0. The van der Waals surface area contributed by atoms with E-state index in [9.17, 15) is 22.4 Å². The predicted octanol–water partition coefficient (Wildman–Crippen LogP) is 4.02. The Hall–Kier alpha value is -3.43. The molecule has 3 rings (SSSR count). The summed E-state index contributed by atoms with van der Waals surface area (Å²) in [5.74, 6) is -1.43. The highest BCUT2D eigenvalue weighted by Gasteiger charge is 2.33. The average Bonchev–Trinajstić information content (AvgIpc) is 2.86. The monoisotopic (exact) mass is 545 g/mol. The molecule has 0 heterocycles. The fourth-order valence-corrected chi connectivity index (χ4v) is 5.03. The Morgan fingerprint density at radius 1 is 0.946 bits per heavy atom. The number of nitrogens with zero attached hydrogens (tertiary/aromatic N) is 2. The first-order valence-corrected chi connectivity index (χ1v) is 13.9. The van der Waals surface area contributed by atoms with E-state index in [0.717, 1.165) is 16.1 Å². The smallest absolute Gasteiger partial charge is 0.244 e. The largest absolute Gasteiger partial charge is 0.355 e. The van der Waals surface area contributed by atoms with Crippen molar-refractivity contribution < 1.29 is 22.4 Å². The van der Waals surface area contributed by atoms with Crippen molar-refractivity contribution in [2.75, 3.05) is 23.7 Å². The minimum Gasteiger partial charge on any atom is -0.355 e. The molecular formula is C27H29ClFN3O4S. The van der Waals surface area contributed by atoms with Crippen molar-refractivity contribution in [3.05, 3.63) is 101 Å². The van der Waals surface area contributed by atoms with Crippen LogP contribution in [0.3, 0.4) is 0 Å². The maximum atomic E-state index is 13.8. The van der Waals surface area contributed by atoms with Crippen LogP contribution in [0.4, 0.5) is 10.1 Å². The Kier molecular flexibility index (Phi) is 9.66. The van der Waals surface area contributed by atoms with Crippen LogP contribution in [0.5, 0.6) is 0 Å². The van der Waals surface area contributed by atoms with Crippen LogP contribution in [0.2, 0.25) is 5.02 Å². The third kappa shape index (κ3) is 7.77. The molecule has 3 aromatic carbocycles. The number of halogens is 2. The summed E-state index contributed by atoms with van der Waals surface area (Å²) >= 11 is 6.26. The number of amides is 2. The first kappa shape index (κ1) is 28.1. The van der Waals surface area contributed by atoms with Gasteiger partial charge in [-0.2, -0.15) is 0 Å². The SMILES string of the molecule is CCNC(=O)C(Cc1ccccc1)N(Cc1ccc(F)cc1)C(=O)CN(c1ccccc1Cl)S(C)(=O)=O. The number of carbonyl (C=O) groups excluding carboxylic acids is 2. The molecule has 0 saturated heterocycles. The van der Waals surface area contributed by atoms with Crippen molar-refractivity contribution in [3.8, 4) is 0 Å². The van der Waals surface area contributed by atoms with E-state index < -0.39 is 34.3 Å². The second-order valence-corrected chi connectivity index (χ2v) is 10.8. The molecule has 0 aliphatic rings. The molecule has 7 nitrogen and oxygen atoms in total. The molecule has 2 amide bonds. The lowest BCUT2D eigenvalue weighted by Crippen LogP contribution is -2.53. The van der Waals surface area contributed by atoms with Crippen LogP contribution in [0.15, 0.2) is 78.9 Å². The van der Waals surface area contributed by atoms with E-state index in [1.807, 2.05) is 30.3 Å². The Morgan fingerprint density at radius 2 is 1.57 bits per heavy atom. The number of benzene rings is 3. The van der Waals surface area contributed by atoms with E-state index in [4.69, 9.17) is 11.6 Å². The lowest BCUT2D eigenvalue weighted by Gasteiger charge is -2.33. The first-order chi connectivity index (χ1) is 17.6. The molecule has 0 aliphatic carbocycles. The zero-order valence-electron chi connectivity index (χ0n) is 20.6. The molecule has 0 aliphatic heterocycles. The number of sulfonamides is 1. The van der Waals surface area contributed by atoms with Crippen LogP contribution in [-0.4, -0.2) is 50.5 Å². The van der Waals surface area contributed by atoms with Crippen LogP contribution in [0.25, 0.3) is 0 Å².